The Bertz CT molecular complexity index is 836. The molecule has 2 atom stereocenters. The van der Waals surface area contributed by atoms with Crippen LogP contribution in [-0.4, -0.2) is 41.9 Å². The van der Waals surface area contributed by atoms with Gasteiger partial charge in [-0.3, -0.25) is 9.35 Å². The first kappa shape index (κ1) is 51.3. The molecular weight excluding hydrogens is 667 g/mol. The van der Waals surface area contributed by atoms with Crippen molar-refractivity contribution >= 4 is 16.0 Å². The van der Waals surface area contributed by atoms with Gasteiger partial charge in [0.25, 0.3) is 10.1 Å². The summed E-state index contributed by atoms with van der Waals surface area (Å²) in [6, 6.07) is -0.964. The number of rotatable bonds is 43. The van der Waals surface area contributed by atoms with E-state index in [-0.39, 0.29) is 5.91 Å². The van der Waals surface area contributed by atoms with Gasteiger partial charge in [0.2, 0.25) is 5.91 Å². The summed E-state index contributed by atoms with van der Waals surface area (Å²) in [5.74, 6) is -0.879. The summed E-state index contributed by atoms with van der Waals surface area (Å²) in [5.41, 5.74) is 0. The number of hydrogen-bond donors (Lipinski definition) is 3. The van der Waals surface area contributed by atoms with Crippen molar-refractivity contribution in [2.45, 2.75) is 276 Å². The van der Waals surface area contributed by atoms with Crippen LogP contribution in [0.25, 0.3) is 0 Å². The highest BCUT2D eigenvalue weighted by Crippen LogP contribution is 2.17. The largest absolute Gasteiger partial charge is 0.391 e. The lowest BCUT2D eigenvalue weighted by molar-refractivity contribution is -0.122. The van der Waals surface area contributed by atoms with Crippen LogP contribution >= 0.6 is 0 Å². The summed E-state index contributed by atoms with van der Waals surface area (Å²) in [5, 5.41) is 13.4. The second-order valence-electron chi connectivity index (χ2n) is 16.4. The van der Waals surface area contributed by atoms with Crippen molar-refractivity contribution in [3.63, 3.8) is 0 Å². The number of aliphatic hydroxyl groups excluding tert-OH is 1. The molecule has 52 heavy (non-hydrogen) atoms. The quantitative estimate of drug-likeness (QED) is 0.0424. The van der Waals surface area contributed by atoms with E-state index in [9.17, 15) is 22.9 Å². The first-order valence-corrected chi connectivity index (χ1v) is 24.8. The Kier molecular flexibility index (Phi) is 39.5. The Balaban J connectivity index is 3.74. The zero-order valence-corrected chi connectivity index (χ0v) is 35.8. The molecule has 0 bridgehead atoms. The van der Waals surface area contributed by atoms with Gasteiger partial charge in [-0.1, -0.05) is 245 Å². The molecule has 0 aliphatic carbocycles. The zero-order chi connectivity index (χ0) is 38.2. The van der Waals surface area contributed by atoms with Gasteiger partial charge in [-0.05, 0) is 12.8 Å². The third-order valence-corrected chi connectivity index (χ3v) is 11.8. The molecule has 0 spiro atoms. The Morgan fingerprint density at radius 2 is 0.692 bits per heavy atom. The molecule has 3 N–H and O–H groups in total. The van der Waals surface area contributed by atoms with Crippen LogP contribution in [0.5, 0.6) is 0 Å². The molecule has 0 aliphatic rings. The molecule has 0 saturated heterocycles. The van der Waals surface area contributed by atoms with Gasteiger partial charge in [0.1, 0.15) is 0 Å². The fourth-order valence-corrected chi connectivity index (χ4v) is 8.33. The number of nitrogens with one attached hydrogen (secondary N) is 1. The maximum absolute atomic E-state index is 12.6. The van der Waals surface area contributed by atoms with Gasteiger partial charge < -0.3 is 10.4 Å². The molecule has 312 valence electrons. The molecule has 0 heterocycles. The molecule has 7 heteroatoms. The van der Waals surface area contributed by atoms with Crippen LogP contribution in [0.3, 0.4) is 0 Å². The molecule has 1 amide bonds. The number of aliphatic hydroxyl groups is 1. The van der Waals surface area contributed by atoms with Gasteiger partial charge in [-0.15, -0.1) is 0 Å². The molecule has 0 aromatic heterocycles. The first-order chi connectivity index (χ1) is 25.3. The van der Waals surface area contributed by atoms with E-state index in [1.807, 2.05) is 0 Å². The fourth-order valence-electron chi connectivity index (χ4n) is 7.58. The molecule has 0 aromatic carbocycles. The highest BCUT2D eigenvalue weighted by Gasteiger charge is 2.26. The van der Waals surface area contributed by atoms with Gasteiger partial charge in [0.15, 0.2) is 0 Å². The lowest BCUT2D eigenvalue weighted by Crippen LogP contribution is -2.47. The third kappa shape index (κ3) is 40.5. The molecule has 0 saturated carbocycles. The topological polar surface area (TPSA) is 104 Å². The predicted octanol–water partition coefficient (Wildman–Crippen LogP) is 14.0. The van der Waals surface area contributed by atoms with Crippen LogP contribution in [0.1, 0.15) is 264 Å². The van der Waals surface area contributed by atoms with Crippen molar-refractivity contribution in [3.05, 3.63) is 0 Å². The van der Waals surface area contributed by atoms with E-state index in [0.717, 1.165) is 38.5 Å². The smallest absolute Gasteiger partial charge is 0.266 e. The normalized spacial score (nSPS) is 13.1. The van der Waals surface area contributed by atoms with Gasteiger partial charge >= 0.3 is 0 Å². The van der Waals surface area contributed by atoms with Gasteiger partial charge in [0.05, 0.1) is 17.9 Å². The predicted molar refractivity (Wildman–Crippen MR) is 226 cm³/mol. The van der Waals surface area contributed by atoms with E-state index in [1.54, 1.807) is 0 Å². The van der Waals surface area contributed by atoms with Crippen molar-refractivity contribution in [2.24, 2.45) is 0 Å². The number of hydrogen-bond acceptors (Lipinski definition) is 4. The minimum absolute atomic E-state index is 0.238. The van der Waals surface area contributed by atoms with Crippen LogP contribution in [0, 0.1) is 0 Å². The number of unbranched alkanes of at least 4 members (excludes halogenated alkanes) is 35. The van der Waals surface area contributed by atoms with E-state index in [1.165, 1.54) is 199 Å². The monoisotopic (exact) mass is 758 g/mol. The second-order valence-corrected chi connectivity index (χ2v) is 17.9. The van der Waals surface area contributed by atoms with Gasteiger partial charge in [-0.25, -0.2) is 0 Å². The highest BCUT2D eigenvalue weighted by molar-refractivity contribution is 7.85. The van der Waals surface area contributed by atoms with Crippen LogP contribution in [0.4, 0.5) is 0 Å². The van der Waals surface area contributed by atoms with Crippen LogP contribution < -0.4 is 5.32 Å². The van der Waals surface area contributed by atoms with E-state index in [4.69, 9.17) is 0 Å². The van der Waals surface area contributed by atoms with Crippen molar-refractivity contribution in [3.8, 4) is 0 Å². The summed E-state index contributed by atoms with van der Waals surface area (Å²) in [6.07, 6.45) is 47.7. The molecule has 0 rings (SSSR count). The molecule has 2 unspecified atom stereocenters. The molecule has 6 nitrogen and oxygen atoms in total. The minimum atomic E-state index is -4.31. The number of carbonyl (C=O) groups excluding carboxylic acids is 1. The number of amides is 1. The summed E-state index contributed by atoms with van der Waals surface area (Å²) < 4.78 is 32.6. The van der Waals surface area contributed by atoms with E-state index in [0.29, 0.717) is 12.8 Å². The Labute approximate surface area is 325 Å². The van der Waals surface area contributed by atoms with E-state index < -0.39 is 28.0 Å². The molecular formula is C45H91NO5S. The Morgan fingerprint density at radius 3 is 0.962 bits per heavy atom. The zero-order valence-electron chi connectivity index (χ0n) is 35.0. The standard InChI is InChI=1S/C45H91NO5S/c1-3-5-7-9-11-13-15-17-19-21-22-23-24-25-27-29-31-33-35-37-39-41-45(48)46-43(42-52(49,50)51)44(47)40-38-36-34-32-30-28-26-20-18-16-14-12-10-8-6-4-2/h43-44,47H,3-42H2,1-2H3,(H,46,48)(H,49,50,51). The Morgan fingerprint density at radius 1 is 0.442 bits per heavy atom. The molecule has 0 aromatic rings. The highest BCUT2D eigenvalue weighted by atomic mass is 32.2. The lowest BCUT2D eigenvalue weighted by atomic mass is 10.0. The SMILES string of the molecule is CCCCCCCCCCCCCCCCCCCCCCCC(=O)NC(CS(=O)(=O)O)C(O)CCCCCCCCCCCCCCCCCC. The van der Waals surface area contributed by atoms with E-state index >= 15 is 0 Å². The van der Waals surface area contributed by atoms with Crippen LogP contribution in [0.2, 0.25) is 0 Å². The van der Waals surface area contributed by atoms with Gasteiger partial charge in [-0.2, -0.15) is 8.42 Å². The number of carbonyl (C=O) groups is 1. The first-order valence-electron chi connectivity index (χ1n) is 23.2. The maximum atomic E-state index is 12.6. The summed E-state index contributed by atoms with van der Waals surface area (Å²) in [7, 11) is -4.31. The lowest BCUT2D eigenvalue weighted by Gasteiger charge is -2.23. The molecule has 0 radical (unpaired) electrons. The van der Waals surface area contributed by atoms with Crippen LogP contribution in [-0.2, 0) is 14.9 Å². The minimum Gasteiger partial charge on any atom is -0.391 e. The average molecular weight is 758 g/mol. The fraction of sp³-hybridized carbons (Fsp3) is 0.978. The maximum Gasteiger partial charge on any atom is 0.266 e. The van der Waals surface area contributed by atoms with Crippen molar-refractivity contribution in [2.75, 3.05) is 5.75 Å². The summed E-state index contributed by atoms with van der Waals surface area (Å²) >= 11 is 0. The van der Waals surface area contributed by atoms with Gasteiger partial charge in [0, 0.05) is 6.42 Å². The van der Waals surface area contributed by atoms with Crippen molar-refractivity contribution < 1.29 is 22.9 Å². The van der Waals surface area contributed by atoms with Crippen molar-refractivity contribution in [1.29, 1.82) is 0 Å². The Hall–Kier alpha value is -0.660. The summed E-state index contributed by atoms with van der Waals surface area (Å²) in [6.45, 7) is 4.55. The molecule has 0 aliphatic heterocycles. The third-order valence-electron chi connectivity index (χ3n) is 11.1. The molecule has 0 fully saturated rings. The van der Waals surface area contributed by atoms with Crippen molar-refractivity contribution in [1.82, 2.24) is 5.32 Å². The average Bonchev–Trinajstić information content (AvgIpc) is 3.11. The second kappa shape index (κ2) is 40.0. The van der Waals surface area contributed by atoms with E-state index in [2.05, 4.69) is 19.2 Å². The summed E-state index contributed by atoms with van der Waals surface area (Å²) in [4.78, 5) is 12.6. The van der Waals surface area contributed by atoms with Crippen LogP contribution in [0.15, 0.2) is 0 Å².